The van der Waals surface area contributed by atoms with Crippen LogP contribution in [-0.2, 0) is 13.0 Å². The first-order chi connectivity index (χ1) is 20.4. The normalized spacial score (nSPS) is 11.1. The van der Waals surface area contributed by atoms with Crippen LogP contribution in [0, 0.1) is 6.92 Å². The zero-order chi connectivity index (χ0) is 29.1. The van der Waals surface area contributed by atoms with Crippen LogP contribution in [0.25, 0.3) is 21.7 Å². The summed E-state index contributed by atoms with van der Waals surface area (Å²) in [7, 11) is 0. The number of aromatic nitrogens is 4. The minimum absolute atomic E-state index is 0.0276. The molecule has 0 bridgehead atoms. The Kier molecular flexibility index (Phi) is 7.48. The highest BCUT2D eigenvalue weighted by atomic mass is 32.1. The van der Waals surface area contributed by atoms with Crippen molar-refractivity contribution in [2.24, 2.45) is 0 Å². The van der Waals surface area contributed by atoms with E-state index in [0.717, 1.165) is 16.1 Å². The lowest BCUT2D eigenvalue weighted by Crippen LogP contribution is -2.15. The summed E-state index contributed by atoms with van der Waals surface area (Å²) < 4.78 is 7.48. The molecule has 0 saturated carbocycles. The fourth-order valence-corrected chi connectivity index (χ4v) is 5.39. The van der Waals surface area contributed by atoms with Gasteiger partial charge in [-0.2, -0.15) is 0 Å². The number of anilines is 2. The van der Waals surface area contributed by atoms with Gasteiger partial charge in [0.25, 0.3) is 5.91 Å². The Bertz CT molecular complexity index is 1890. The molecule has 210 valence electrons. The Morgan fingerprint density at radius 3 is 2.67 bits per heavy atom. The molecule has 42 heavy (non-hydrogen) atoms. The van der Waals surface area contributed by atoms with Gasteiger partial charge in [0.2, 0.25) is 5.95 Å². The highest BCUT2D eigenvalue weighted by Gasteiger charge is 2.18. The second-order valence-corrected chi connectivity index (χ2v) is 10.6. The number of aryl methyl sites for hydroxylation is 3. The van der Waals surface area contributed by atoms with Crippen LogP contribution in [-0.4, -0.2) is 42.9 Å². The first kappa shape index (κ1) is 26.9. The molecule has 4 heterocycles. The number of benzene rings is 2. The lowest BCUT2D eigenvalue weighted by molar-refractivity contribution is 0.100. The van der Waals surface area contributed by atoms with Gasteiger partial charge in [-0.1, -0.05) is 30.3 Å². The number of pyridine rings is 1. The van der Waals surface area contributed by atoms with Gasteiger partial charge in [-0.05, 0) is 42.5 Å². The third-order valence-corrected chi connectivity index (χ3v) is 7.75. The molecule has 0 atom stereocenters. The molecule has 1 amide bonds. The molecule has 6 aromatic rings. The number of thiophene rings is 1. The molecule has 0 unspecified atom stereocenters. The van der Waals surface area contributed by atoms with E-state index in [1.807, 2.05) is 47.0 Å². The van der Waals surface area contributed by atoms with Gasteiger partial charge in [0, 0.05) is 37.3 Å². The number of fused-ring (bicyclic) bond motifs is 1. The number of ketones is 1. The number of Topliss-reactive ketones (excluding diaryl/α,β-unsaturated/α-hetero) is 1. The fraction of sp³-hybridized carbons (Fsp3) is 0.129. The predicted molar refractivity (Wildman–Crippen MR) is 161 cm³/mol. The second-order valence-electron chi connectivity index (χ2n) is 9.51. The first-order valence-corrected chi connectivity index (χ1v) is 14.1. The molecule has 11 heteroatoms. The third kappa shape index (κ3) is 5.77. The number of hydrogen-bond donors (Lipinski definition) is 3. The summed E-state index contributed by atoms with van der Waals surface area (Å²) in [4.78, 5) is 40.3. The average molecular weight is 579 g/mol. The molecule has 10 nitrogen and oxygen atoms in total. The van der Waals surface area contributed by atoms with E-state index in [1.165, 1.54) is 11.3 Å². The Balaban J connectivity index is 1.26. The number of aromatic hydroxyl groups is 1. The lowest BCUT2D eigenvalue weighted by atomic mass is 10.1. The molecule has 0 saturated heterocycles. The molecule has 6 rings (SSSR count). The Morgan fingerprint density at radius 2 is 1.88 bits per heavy atom. The van der Waals surface area contributed by atoms with Crippen molar-refractivity contribution in [3.63, 3.8) is 0 Å². The topological polar surface area (TPSA) is 135 Å². The standard InChI is InChI=1S/C31H26N6O4S/c1-19-33-18-27(41-19)28-11-12-29(42-28)30(40)36-31-35-23-16-21(34-17-26(39)20-6-3-2-4-7-20)9-10-24(23)37(31)15-13-22-25(38)8-5-14-32-22/h2-12,14,16,18,34,38H,13,15,17H2,1H3,(H,35,36,40). The summed E-state index contributed by atoms with van der Waals surface area (Å²) in [5, 5.41) is 16.4. The number of imidazole rings is 1. The van der Waals surface area contributed by atoms with Crippen molar-refractivity contribution < 1.29 is 19.1 Å². The second kappa shape index (κ2) is 11.7. The quantitative estimate of drug-likeness (QED) is 0.170. The largest absolute Gasteiger partial charge is 0.506 e. The smallest absolute Gasteiger partial charge is 0.268 e. The third-order valence-electron chi connectivity index (χ3n) is 6.65. The number of carbonyl (C=O) groups excluding carboxylic acids is 2. The Labute approximate surface area is 244 Å². The van der Waals surface area contributed by atoms with Crippen LogP contribution < -0.4 is 10.6 Å². The maximum Gasteiger partial charge on any atom is 0.268 e. The molecule has 0 spiro atoms. The Hall–Kier alpha value is -5.29. The van der Waals surface area contributed by atoms with Gasteiger partial charge in [0.05, 0.1) is 39.2 Å². The minimum atomic E-state index is -0.313. The van der Waals surface area contributed by atoms with Crippen molar-refractivity contribution in [3.8, 4) is 16.4 Å². The molecule has 0 fully saturated rings. The van der Waals surface area contributed by atoms with E-state index in [2.05, 4.69) is 20.6 Å². The number of hydrogen-bond acceptors (Lipinski definition) is 9. The maximum atomic E-state index is 13.3. The number of oxazole rings is 1. The van der Waals surface area contributed by atoms with Crippen LogP contribution in [0.3, 0.4) is 0 Å². The van der Waals surface area contributed by atoms with Crippen LogP contribution in [0.1, 0.15) is 31.6 Å². The van der Waals surface area contributed by atoms with E-state index in [1.54, 1.807) is 49.6 Å². The van der Waals surface area contributed by atoms with E-state index in [4.69, 9.17) is 9.40 Å². The zero-order valence-electron chi connectivity index (χ0n) is 22.6. The van der Waals surface area contributed by atoms with Crippen molar-refractivity contribution in [3.05, 3.63) is 107 Å². The molecular weight excluding hydrogens is 552 g/mol. The summed E-state index contributed by atoms with van der Waals surface area (Å²) in [6.45, 7) is 2.30. The molecule has 0 aliphatic heterocycles. The van der Waals surface area contributed by atoms with Gasteiger partial charge in [-0.25, -0.2) is 9.97 Å². The maximum absolute atomic E-state index is 13.3. The van der Waals surface area contributed by atoms with Crippen molar-refractivity contribution in [2.75, 3.05) is 17.2 Å². The van der Waals surface area contributed by atoms with Gasteiger partial charge >= 0.3 is 0 Å². The summed E-state index contributed by atoms with van der Waals surface area (Å²) in [6.07, 6.45) is 3.68. The van der Waals surface area contributed by atoms with Crippen molar-refractivity contribution in [1.82, 2.24) is 19.5 Å². The van der Waals surface area contributed by atoms with Gasteiger partial charge in [-0.3, -0.25) is 19.9 Å². The highest BCUT2D eigenvalue weighted by molar-refractivity contribution is 7.17. The SMILES string of the molecule is Cc1ncc(-c2ccc(C(=O)Nc3nc4cc(NCC(=O)c5ccccc5)ccc4n3CCc3ncccc3O)s2)o1. The molecule has 0 radical (unpaired) electrons. The highest BCUT2D eigenvalue weighted by Crippen LogP contribution is 2.30. The molecular formula is C31H26N6O4S. The summed E-state index contributed by atoms with van der Waals surface area (Å²) in [5.74, 6) is 1.27. The van der Waals surface area contributed by atoms with Crippen LogP contribution in [0.5, 0.6) is 5.75 Å². The monoisotopic (exact) mass is 578 g/mol. The Morgan fingerprint density at radius 1 is 1.02 bits per heavy atom. The van der Waals surface area contributed by atoms with E-state index in [0.29, 0.717) is 52.2 Å². The van der Waals surface area contributed by atoms with Gasteiger partial charge in [-0.15, -0.1) is 11.3 Å². The van der Waals surface area contributed by atoms with Gasteiger partial charge < -0.3 is 19.4 Å². The van der Waals surface area contributed by atoms with Crippen molar-refractivity contribution in [1.29, 1.82) is 0 Å². The number of nitrogens with zero attached hydrogens (tertiary/aromatic N) is 4. The fourth-order valence-electron chi connectivity index (χ4n) is 4.54. The number of nitrogens with one attached hydrogen (secondary N) is 2. The predicted octanol–water partition coefficient (Wildman–Crippen LogP) is 5.95. The van der Waals surface area contributed by atoms with Crippen LogP contribution >= 0.6 is 11.3 Å². The summed E-state index contributed by atoms with van der Waals surface area (Å²) in [5.41, 5.74) is 3.32. The van der Waals surface area contributed by atoms with Crippen LogP contribution in [0.4, 0.5) is 11.6 Å². The zero-order valence-corrected chi connectivity index (χ0v) is 23.4. The molecule has 0 aliphatic carbocycles. The molecule has 0 aliphatic rings. The average Bonchev–Trinajstić information content (AvgIpc) is 3.74. The van der Waals surface area contributed by atoms with Crippen LogP contribution in [0.2, 0.25) is 0 Å². The minimum Gasteiger partial charge on any atom is -0.506 e. The van der Waals surface area contributed by atoms with E-state index in [-0.39, 0.29) is 24.0 Å². The van der Waals surface area contributed by atoms with Crippen molar-refractivity contribution in [2.45, 2.75) is 19.9 Å². The van der Waals surface area contributed by atoms with Gasteiger partial charge in [0.15, 0.2) is 17.4 Å². The van der Waals surface area contributed by atoms with Crippen LogP contribution in [0.15, 0.2) is 89.6 Å². The number of rotatable bonds is 10. The summed E-state index contributed by atoms with van der Waals surface area (Å²) in [6, 6.07) is 21.5. The lowest BCUT2D eigenvalue weighted by Gasteiger charge is -2.11. The number of amides is 1. The van der Waals surface area contributed by atoms with E-state index < -0.39 is 0 Å². The molecule has 2 aromatic carbocycles. The molecule has 4 aromatic heterocycles. The van der Waals surface area contributed by atoms with Crippen molar-refractivity contribution >= 4 is 45.7 Å². The van der Waals surface area contributed by atoms with E-state index in [9.17, 15) is 14.7 Å². The summed E-state index contributed by atoms with van der Waals surface area (Å²) >= 11 is 1.29. The molecule has 3 N–H and O–H groups in total. The first-order valence-electron chi connectivity index (χ1n) is 13.2. The van der Waals surface area contributed by atoms with Gasteiger partial charge in [0.1, 0.15) is 5.75 Å². The number of carbonyl (C=O) groups is 2. The van der Waals surface area contributed by atoms with E-state index >= 15 is 0 Å².